The fourth-order valence-electron chi connectivity index (χ4n) is 1.17. The van der Waals surface area contributed by atoms with Crippen LogP contribution in [0.5, 0.6) is 0 Å². The minimum absolute atomic E-state index is 0.0535. The molecule has 0 aliphatic heterocycles. The van der Waals surface area contributed by atoms with Crippen LogP contribution < -0.4 is 4.90 Å². The zero-order valence-corrected chi connectivity index (χ0v) is 8.82. The highest BCUT2D eigenvalue weighted by molar-refractivity contribution is 6.04. The van der Waals surface area contributed by atoms with E-state index in [-0.39, 0.29) is 5.78 Å². The molecule has 1 aromatic rings. The molecule has 0 N–H and O–H groups in total. The molecule has 0 bridgehead atoms. The molecule has 2 nitrogen and oxygen atoms in total. The van der Waals surface area contributed by atoms with Crippen LogP contribution in [0.4, 0.5) is 5.69 Å². The molecule has 1 rings (SSSR count). The van der Waals surface area contributed by atoms with Crippen LogP contribution in [0, 0.1) is 0 Å². The van der Waals surface area contributed by atoms with Gasteiger partial charge in [0.15, 0.2) is 5.78 Å². The van der Waals surface area contributed by atoms with Gasteiger partial charge in [0.25, 0.3) is 0 Å². The van der Waals surface area contributed by atoms with E-state index in [1.54, 1.807) is 12.2 Å². The van der Waals surface area contributed by atoms with Gasteiger partial charge in [0.1, 0.15) is 0 Å². The van der Waals surface area contributed by atoms with E-state index >= 15 is 0 Å². The molecule has 0 spiro atoms. The van der Waals surface area contributed by atoms with E-state index in [1.807, 2.05) is 50.2 Å². The zero-order chi connectivity index (χ0) is 10.6. The lowest BCUT2D eigenvalue weighted by Crippen LogP contribution is -2.08. The van der Waals surface area contributed by atoms with Crippen molar-refractivity contribution in [3.63, 3.8) is 0 Å². The van der Waals surface area contributed by atoms with E-state index in [4.69, 9.17) is 0 Å². The van der Waals surface area contributed by atoms with Crippen LogP contribution in [0.15, 0.2) is 36.4 Å². The van der Waals surface area contributed by atoms with Crippen molar-refractivity contribution in [3.05, 3.63) is 42.0 Å². The Morgan fingerprint density at radius 1 is 1.21 bits per heavy atom. The lowest BCUT2D eigenvalue weighted by atomic mass is 10.1. The molecular formula is C12H15NO. The molecule has 0 saturated carbocycles. The van der Waals surface area contributed by atoms with Crippen molar-refractivity contribution in [2.24, 2.45) is 0 Å². The highest BCUT2D eigenvalue weighted by Gasteiger charge is 2.01. The van der Waals surface area contributed by atoms with E-state index in [2.05, 4.69) is 0 Å². The Kier molecular flexibility index (Phi) is 3.46. The van der Waals surface area contributed by atoms with Crippen LogP contribution in [-0.4, -0.2) is 19.9 Å². The number of allylic oxidation sites excluding steroid dienone is 2. The van der Waals surface area contributed by atoms with Crippen molar-refractivity contribution in [3.8, 4) is 0 Å². The number of anilines is 1. The monoisotopic (exact) mass is 189 g/mol. The number of rotatable bonds is 3. The number of benzene rings is 1. The molecular weight excluding hydrogens is 174 g/mol. The van der Waals surface area contributed by atoms with Gasteiger partial charge in [-0.2, -0.15) is 0 Å². The first-order chi connectivity index (χ1) is 6.65. The Balaban J connectivity index is 2.88. The molecule has 0 aliphatic rings. The second-order valence-electron chi connectivity index (χ2n) is 3.31. The molecule has 0 aromatic heterocycles. The average molecular weight is 189 g/mol. The first-order valence-corrected chi connectivity index (χ1v) is 4.59. The standard InChI is InChI=1S/C12H15NO/c1-4-5-12(14)10-6-8-11(9-7-10)13(2)3/h4-9H,1-3H3. The molecule has 14 heavy (non-hydrogen) atoms. The van der Waals surface area contributed by atoms with Gasteiger partial charge in [-0.3, -0.25) is 4.79 Å². The predicted molar refractivity (Wildman–Crippen MR) is 59.9 cm³/mol. The van der Waals surface area contributed by atoms with Gasteiger partial charge in [-0.1, -0.05) is 6.08 Å². The van der Waals surface area contributed by atoms with Crippen molar-refractivity contribution >= 4 is 11.5 Å². The highest BCUT2D eigenvalue weighted by atomic mass is 16.1. The van der Waals surface area contributed by atoms with Crippen LogP contribution in [0.3, 0.4) is 0 Å². The van der Waals surface area contributed by atoms with Gasteiger partial charge < -0.3 is 4.90 Å². The predicted octanol–water partition coefficient (Wildman–Crippen LogP) is 2.51. The number of carbonyl (C=O) groups excluding carboxylic acids is 1. The second kappa shape index (κ2) is 4.61. The molecule has 0 aliphatic carbocycles. The number of carbonyl (C=O) groups is 1. The van der Waals surface area contributed by atoms with Crippen LogP contribution in [0.2, 0.25) is 0 Å². The van der Waals surface area contributed by atoms with Crippen LogP contribution in [0.1, 0.15) is 17.3 Å². The van der Waals surface area contributed by atoms with E-state index in [0.29, 0.717) is 0 Å². The van der Waals surface area contributed by atoms with E-state index in [0.717, 1.165) is 11.3 Å². The lowest BCUT2D eigenvalue weighted by molar-refractivity contribution is 0.104. The lowest BCUT2D eigenvalue weighted by Gasteiger charge is -2.11. The van der Waals surface area contributed by atoms with E-state index in [9.17, 15) is 4.79 Å². The van der Waals surface area contributed by atoms with Crippen molar-refractivity contribution in [1.82, 2.24) is 0 Å². The van der Waals surface area contributed by atoms with Gasteiger partial charge in [-0.25, -0.2) is 0 Å². The second-order valence-corrected chi connectivity index (χ2v) is 3.31. The van der Waals surface area contributed by atoms with Crippen LogP contribution in [-0.2, 0) is 0 Å². The summed E-state index contributed by atoms with van der Waals surface area (Å²) < 4.78 is 0. The van der Waals surface area contributed by atoms with E-state index in [1.165, 1.54) is 0 Å². The Morgan fingerprint density at radius 3 is 2.21 bits per heavy atom. The molecule has 0 heterocycles. The number of hydrogen-bond acceptors (Lipinski definition) is 2. The first-order valence-electron chi connectivity index (χ1n) is 4.59. The Bertz CT molecular complexity index is 336. The largest absolute Gasteiger partial charge is 0.378 e. The SMILES string of the molecule is CC=CC(=O)c1ccc(N(C)C)cc1. The van der Waals surface area contributed by atoms with Gasteiger partial charge >= 0.3 is 0 Å². The summed E-state index contributed by atoms with van der Waals surface area (Å²) in [5, 5.41) is 0. The Hall–Kier alpha value is -1.57. The van der Waals surface area contributed by atoms with Gasteiger partial charge in [-0.05, 0) is 37.3 Å². The van der Waals surface area contributed by atoms with Crippen molar-refractivity contribution in [2.45, 2.75) is 6.92 Å². The minimum Gasteiger partial charge on any atom is -0.378 e. The highest BCUT2D eigenvalue weighted by Crippen LogP contribution is 2.12. The van der Waals surface area contributed by atoms with Gasteiger partial charge in [0.2, 0.25) is 0 Å². The summed E-state index contributed by atoms with van der Waals surface area (Å²) in [6.07, 6.45) is 3.33. The molecule has 0 radical (unpaired) electrons. The maximum atomic E-state index is 11.4. The number of nitrogens with zero attached hydrogens (tertiary/aromatic N) is 1. The summed E-state index contributed by atoms with van der Waals surface area (Å²) >= 11 is 0. The zero-order valence-electron chi connectivity index (χ0n) is 8.82. The van der Waals surface area contributed by atoms with E-state index < -0.39 is 0 Å². The van der Waals surface area contributed by atoms with Crippen LogP contribution in [0.25, 0.3) is 0 Å². The molecule has 0 amide bonds. The quantitative estimate of drug-likeness (QED) is 0.538. The van der Waals surface area contributed by atoms with Crippen molar-refractivity contribution < 1.29 is 4.79 Å². The summed E-state index contributed by atoms with van der Waals surface area (Å²) in [6, 6.07) is 7.57. The van der Waals surface area contributed by atoms with Gasteiger partial charge in [0, 0.05) is 25.3 Å². The molecule has 2 heteroatoms. The third-order valence-electron chi connectivity index (χ3n) is 1.99. The van der Waals surface area contributed by atoms with Crippen molar-refractivity contribution in [1.29, 1.82) is 0 Å². The maximum Gasteiger partial charge on any atom is 0.185 e. The third-order valence-corrected chi connectivity index (χ3v) is 1.99. The average Bonchev–Trinajstić information content (AvgIpc) is 2.18. The number of hydrogen-bond donors (Lipinski definition) is 0. The van der Waals surface area contributed by atoms with Gasteiger partial charge in [-0.15, -0.1) is 0 Å². The summed E-state index contributed by atoms with van der Waals surface area (Å²) in [7, 11) is 3.95. The molecule has 74 valence electrons. The Morgan fingerprint density at radius 2 is 1.79 bits per heavy atom. The fourth-order valence-corrected chi connectivity index (χ4v) is 1.17. The summed E-state index contributed by atoms with van der Waals surface area (Å²) in [5.74, 6) is 0.0535. The molecule has 1 aromatic carbocycles. The van der Waals surface area contributed by atoms with Crippen molar-refractivity contribution in [2.75, 3.05) is 19.0 Å². The summed E-state index contributed by atoms with van der Waals surface area (Å²) in [5.41, 5.74) is 1.83. The third kappa shape index (κ3) is 2.46. The van der Waals surface area contributed by atoms with Crippen LogP contribution >= 0.6 is 0 Å². The minimum atomic E-state index is 0.0535. The molecule has 0 unspecified atom stereocenters. The smallest absolute Gasteiger partial charge is 0.185 e. The molecule has 0 fully saturated rings. The maximum absolute atomic E-state index is 11.4. The fraction of sp³-hybridized carbons (Fsp3) is 0.250. The normalized spacial score (nSPS) is 10.5. The summed E-state index contributed by atoms with van der Waals surface area (Å²) in [6.45, 7) is 1.84. The topological polar surface area (TPSA) is 20.3 Å². The Labute approximate surface area is 84.9 Å². The molecule has 0 saturated heterocycles. The van der Waals surface area contributed by atoms with Gasteiger partial charge in [0.05, 0.1) is 0 Å². The first kappa shape index (κ1) is 10.5. The molecule has 0 atom stereocenters. The summed E-state index contributed by atoms with van der Waals surface area (Å²) in [4.78, 5) is 13.4. The number of ketones is 1.